The van der Waals surface area contributed by atoms with Crippen LogP contribution in [0.15, 0.2) is 11.6 Å². The Bertz CT molecular complexity index is 632. The molecule has 0 aromatic rings. The number of fused-ring (bicyclic) bond motifs is 3. The molecule has 0 aromatic heterocycles. The number of unbranched alkanes of at least 4 members (excludes halogenated alkanes) is 1. The second-order valence-corrected chi connectivity index (χ2v) is 11.2. The minimum Gasteiger partial charge on any atom is -0.393 e. The minimum atomic E-state index is -0.145. The van der Waals surface area contributed by atoms with Gasteiger partial charge >= 0.3 is 0 Å². The predicted octanol–water partition coefficient (Wildman–Crippen LogP) is 6.14. The van der Waals surface area contributed by atoms with Gasteiger partial charge in [0.05, 0.1) is 13.2 Å². The average Bonchev–Trinajstić information content (AvgIpc) is 3.12. The Hall–Kier alpha value is -0.870. The number of hydrogen-bond donors (Lipinski definition) is 1. The zero-order valence-corrected chi connectivity index (χ0v) is 20.7. The summed E-state index contributed by atoms with van der Waals surface area (Å²) in [6, 6.07) is 0. The van der Waals surface area contributed by atoms with Crippen molar-refractivity contribution in [3.05, 3.63) is 11.6 Å². The highest BCUT2D eigenvalue weighted by molar-refractivity contribution is 5.74. The first-order valence-corrected chi connectivity index (χ1v) is 13.0. The van der Waals surface area contributed by atoms with E-state index in [1.807, 2.05) is 0 Å². The van der Waals surface area contributed by atoms with Gasteiger partial charge < -0.3 is 5.11 Å². The first kappa shape index (κ1) is 24.8. The van der Waals surface area contributed by atoms with Gasteiger partial charge in [0.25, 0.3) is 0 Å². The quantitative estimate of drug-likeness (QED) is 0.332. The van der Waals surface area contributed by atoms with Crippen LogP contribution in [-0.2, 0) is 9.63 Å². The van der Waals surface area contributed by atoms with E-state index in [1.54, 1.807) is 14.2 Å². The molecule has 0 heterocycles. The lowest BCUT2D eigenvalue weighted by Gasteiger charge is -2.51. The van der Waals surface area contributed by atoms with E-state index < -0.39 is 0 Å². The Morgan fingerprint density at radius 1 is 1.32 bits per heavy atom. The minimum absolute atomic E-state index is 0.0869. The topological polar surface area (TPSA) is 49.8 Å². The van der Waals surface area contributed by atoms with Crippen LogP contribution in [0.2, 0.25) is 0 Å². The highest BCUT2D eigenvalue weighted by Crippen LogP contribution is 2.63. The maximum absolute atomic E-state index is 12.2. The molecule has 4 heteroatoms. The number of aliphatic hydroxyl groups is 1. The predicted molar refractivity (Wildman–Crippen MR) is 126 cm³/mol. The van der Waals surface area contributed by atoms with Gasteiger partial charge in [-0.05, 0) is 92.8 Å². The number of carbonyl (C=O) groups excluding carboxylic acids is 1. The molecule has 178 valence electrons. The summed E-state index contributed by atoms with van der Waals surface area (Å²) in [4.78, 5) is 17.2. The fourth-order valence-electron chi connectivity index (χ4n) is 7.50. The van der Waals surface area contributed by atoms with Crippen LogP contribution in [0.5, 0.6) is 0 Å². The summed E-state index contributed by atoms with van der Waals surface area (Å²) in [6.07, 6.45) is 15.9. The fourth-order valence-corrected chi connectivity index (χ4v) is 7.50. The maximum Gasteiger partial charge on any atom is 0.245 e. The van der Waals surface area contributed by atoms with Gasteiger partial charge in [0.1, 0.15) is 0 Å². The number of hydrogen-bond acceptors (Lipinski definition) is 3. The third-order valence-electron chi connectivity index (χ3n) is 9.38. The molecular weight excluding hydrogens is 386 g/mol. The highest BCUT2D eigenvalue weighted by atomic mass is 16.7. The Morgan fingerprint density at radius 2 is 2.10 bits per heavy atom. The standard InChI is InChI=1S/C27H47NO3/c1-6-7-8-22(29)18-20-10-11-23-21(17-20)15-16-27(3)24(12-13-25(23)27)19(2)9-14-26(30)28(4)31-5/h10,19,21-25,29H,6-9,11-18H2,1-5H3/t19-,21?,22+,23?,24-,25?,27-/m1/s1. The van der Waals surface area contributed by atoms with Gasteiger partial charge in [-0.15, -0.1) is 0 Å². The zero-order valence-electron chi connectivity index (χ0n) is 20.7. The van der Waals surface area contributed by atoms with E-state index >= 15 is 0 Å². The summed E-state index contributed by atoms with van der Waals surface area (Å²) < 4.78 is 0. The van der Waals surface area contributed by atoms with E-state index in [2.05, 4.69) is 26.8 Å². The second kappa shape index (κ2) is 10.8. The van der Waals surface area contributed by atoms with E-state index in [-0.39, 0.29) is 12.0 Å². The number of carbonyl (C=O) groups is 1. The third kappa shape index (κ3) is 5.55. The highest BCUT2D eigenvalue weighted by Gasteiger charge is 2.54. The number of aliphatic hydroxyl groups excluding tert-OH is 1. The molecule has 3 aliphatic rings. The summed E-state index contributed by atoms with van der Waals surface area (Å²) >= 11 is 0. The van der Waals surface area contributed by atoms with Crippen molar-refractivity contribution in [3.63, 3.8) is 0 Å². The molecule has 1 amide bonds. The van der Waals surface area contributed by atoms with Gasteiger partial charge in [0.2, 0.25) is 5.91 Å². The van der Waals surface area contributed by atoms with E-state index in [1.165, 1.54) is 49.2 Å². The van der Waals surface area contributed by atoms with Crippen LogP contribution in [0.4, 0.5) is 0 Å². The van der Waals surface area contributed by atoms with Crippen LogP contribution >= 0.6 is 0 Å². The Balaban J connectivity index is 1.58. The van der Waals surface area contributed by atoms with E-state index in [0.717, 1.165) is 55.8 Å². The van der Waals surface area contributed by atoms with Crippen molar-refractivity contribution in [2.45, 2.75) is 104 Å². The summed E-state index contributed by atoms with van der Waals surface area (Å²) in [5, 5.41) is 11.7. The molecule has 1 N–H and O–H groups in total. The van der Waals surface area contributed by atoms with Gasteiger partial charge in [-0.1, -0.05) is 45.3 Å². The van der Waals surface area contributed by atoms with E-state index in [4.69, 9.17) is 4.84 Å². The van der Waals surface area contributed by atoms with Gasteiger partial charge in [0, 0.05) is 13.5 Å². The molecule has 0 bridgehead atoms. The molecule has 7 atom stereocenters. The van der Waals surface area contributed by atoms with Crippen LogP contribution < -0.4 is 0 Å². The van der Waals surface area contributed by atoms with Gasteiger partial charge in [0.15, 0.2) is 0 Å². The molecule has 2 fully saturated rings. The molecule has 4 nitrogen and oxygen atoms in total. The largest absolute Gasteiger partial charge is 0.393 e. The van der Waals surface area contributed by atoms with E-state index in [0.29, 0.717) is 17.8 Å². The Kier molecular flexibility index (Phi) is 8.65. The van der Waals surface area contributed by atoms with Crippen molar-refractivity contribution < 1.29 is 14.7 Å². The van der Waals surface area contributed by atoms with Gasteiger partial charge in [-0.25, -0.2) is 5.06 Å². The van der Waals surface area contributed by atoms with Crippen LogP contribution in [0, 0.1) is 35.0 Å². The SMILES string of the molecule is CCCC[C@H](O)CC1=CCC2C(CC[C@@]3(C)C2CC[C@@H]3[C@H](C)CCC(=O)N(C)OC)C1. The summed E-state index contributed by atoms with van der Waals surface area (Å²) in [6.45, 7) is 7.14. The molecule has 3 aliphatic carbocycles. The Morgan fingerprint density at radius 3 is 2.81 bits per heavy atom. The second-order valence-electron chi connectivity index (χ2n) is 11.2. The van der Waals surface area contributed by atoms with Gasteiger partial charge in [-0.2, -0.15) is 0 Å². The number of nitrogens with zero attached hydrogens (tertiary/aromatic N) is 1. The Labute approximate surface area is 190 Å². The molecule has 0 spiro atoms. The molecule has 0 saturated heterocycles. The van der Waals surface area contributed by atoms with Crippen LogP contribution in [0.3, 0.4) is 0 Å². The summed E-state index contributed by atoms with van der Waals surface area (Å²) in [5.41, 5.74) is 1.96. The maximum atomic E-state index is 12.2. The van der Waals surface area contributed by atoms with Crippen molar-refractivity contribution in [2.75, 3.05) is 14.2 Å². The summed E-state index contributed by atoms with van der Waals surface area (Å²) in [7, 11) is 3.26. The van der Waals surface area contributed by atoms with Crippen LogP contribution in [0.25, 0.3) is 0 Å². The molecule has 31 heavy (non-hydrogen) atoms. The van der Waals surface area contributed by atoms with Crippen LogP contribution in [0.1, 0.15) is 97.8 Å². The van der Waals surface area contributed by atoms with Crippen molar-refractivity contribution >= 4 is 5.91 Å². The normalized spacial score (nSPS) is 34.5. The molecule has 3 rings (SSSR count). The number of hydroxylamine groups is 2. The fraction of sp³-hybridized carbons (Fsp3) is 0.889. The molecule has 3 unspecified atom stereocenters. The lowest BCUT2D eigenvalue weighted by molar-refractivity contribution is -0.169. The van der Waals surface area contributed by atoms with Crippen molar-refractivity contribution in [1.29, 1.82) is 0 Å². The average molecular weight is 434 g/mol. The molecule has 0 aromatic carbocycles. The first-order valence-electron chi connectivity index (χ1n) is 13.0. The molecule has 0 aliphatic heterocycles. The number of rotatable bonds is 10. The third-order valence-corrected chi connectivity index (χ3v) is 9.38. The first-order chi connectivity index (χ1) is 14.8. The van der Waals surface area contributed by atoms with Gasteiger partial charge in [-0.3, -0.25) is 9.63 Å². The van der Waals surface area contributed by atoms with Crippen LogP contribution in [-0.4, -0.2) is 36.3 Å². The number of amides is 1. The monoisotopic (exact) mass is 433 g/mol. The molecule has 0 radical (unpaired) electrons. The van der Waals surface area contributed by atoms with E-state index in [9.17, 15) is 9.90 Å². The molecule has 2 saturated carbocycles. The van der Waals surface area contributed by atoms with Crippen molar-refractivity contribution in [3.8, 4) is 0 Å². The van der Waals surface area contributed by atoms with Crippen molar-refractivity contribution in [2.24, 2.45) is 35.0 Å². The molecular formula is C27H47NO3. The van der Waals surface area contributed by atoms with Crippen molar-refractivity contribution in [1.82, 2.24) is 5.06 Å². The smallest absolute Gasteiger partial charge is 0.245 e. The lowest BCUT2D eigenvalue weighted by atomic mass is 9.54. The zero-order chi connectivity index (χ0) is 22.6. The lowest BCUT2D eigenvalue weighted by Crippen LogP contribution is -2.43. The number of allylic oxidation sites excluding steroid dienone is 1. The summed E-state index contributed by atoms with van der Waals surface area (Å²) in [5.74, 6) is 3.89.